The summed E-state index contributed by atoms with van der Waals surface area (Å²) < 4.78 is 0. The second kappa shape index (κ2) is 2.76. The third kappa shape index (κ3) is 3.54. The zero-order valence-electron chi connectivity index (χ0n) is 4.03. The van der Waals surface area contributed by atoms with Crippen LogP contribution in [0.15, 0.2) is 0 Å². The van der Waals surface area contributed by atoms with E-state index in [1.54, 1.807) is 6.92 Å². The number of carbonyl (C=O) groups excluding carboxylic acids is 1. The molecular weight excluding hydrogens is 76.1 g/mol. The quantitative estimate of drug-likeness (QED) is 0.460. The van der Waals surface area contributed by atoms with Crippen molar-refractivity contribution in [2.24, 2.45) is 0 Å². The molecule has 1 nitrogen and oxygen atoms in total. The van der Waals surface area contributed by atoms with Gasteiger partial charge in [-0.3, -0.25) is 4.79 Å². The van der Waals surface area contributed by atoms with Crippen LogP contribution in [0.25, 0.3) is 0 Å². The maximum Gasteiger partial charge on any atom is 0.134 e. The molecule has 0 bridgehead atoms. The number of carbonyl (C=O) groups is 1. The molecule has 0 radical (unpaired) electrons. The van der Waals surface area contributed by atoms with Crippen molar-refractivity contribution in [3.05, 3.63) is 6.92 Å². The van der Waals surface area contributed by atoms with E-state index in [9.17, 15) is 4.79 Å². The van der Waals surface area contributed by atoms with Crippen molar-refractivity contribution in [3.8, 4) is 0 Å². The van der Waals surface area contributed by atoms with E-state index in [0.29, 0.717) is 6.42 Å². The van der Waals surface area contributed by atoms with Crippen molar-refractivity contribution in [3.63, 3.8) is 0 Å². The van der Waals surface area contributed by atoms with Gasteiger partial charge in [-0.25, -0.2) is 0 Å². The lowest BCUT2D eigenvalue weighted by atomic mass is 10.3. The fraction of sp³-hybridized carbons (Fsp3) is 0.600. The number of rotatable bonds is 2. The molecule has 0 aliphatic carbocycles. The maximum absolute atomic E-state index is 10.0. The van der Waals surface area contributed by atoms with Gasteiger partial charge in [0.1, 0.15) is 5.78 Å². The molecule has 34 valence electrons. The number of hydrogen-bond acceptors (Lipinski definition) is 1. The Morgan fingerprint density at radius 3 is 2.33 bits per heavy atom. The van der Waals surface area contributed by atoms with E-state index in [-0.39, 0.29) is 5.78 Å². The van der Waals surface area contributed by atoms with Gasteiger partial charge in [0.05, 0.1) is 13.3 Å². The first kappa shape index (κ1) is 5.54. The van der Waals surface area contributed by atoms with Crippen molar-refractivity contribution in [1.82, 2.24) is 0 Å². The van der Waals surface area contributed by atoms with Crippen molar-refractivity contribution in [2.75, 3.05) is 0 Å². The molecule has 0 saturated heterocycles. The summed E-state index contributed by atoms with van der Waals surface area (Å²) in [5.41, 5.74) is 0. The zero-order valence-corrected chi connectivity index (χ0v) is 4.03. The van der Waals surface area contributed by atoms with Gasteiger partial charge in [0.25, 0.3) is 0 Å². The predicted octanol–water partition coefficient (Wildman–Crippen LogP) is 1.19. The number of Topliss-reactive ketones (excluding diaryl/α,β-unsaturated/α-hetero) is 1. The molecule has 0 N–H and O–H groups in total. The van der Waals surface area contributed by atoms with E-state index in [1.807, 2.05) is 0 Å². The molecule has 1 heteroatoms. The summed E-state index contributed by atoms with van der Waals surface area (Å²) in [4.78, 5) is 10.0. The van der Waals surface area contributed by atoms with Crippen LogP contribution in [0.4, 0.5) is 0 Å². The summed E-state index contributed by atoms with van der Waals surface area (Å²) >= 11 is 0. The first-order chi connectivity index (χ1) is 2.77. The van der Waals surface area contributed by atoms with Crippen LogP contribution in [0.2, 0.25) is 0 Å². The van der Waals surface area contributed by atoms with Crippen molar-refractivity contribution < 1.29 is 4.79 Å². The van der Waals surface area contributed by atoms with Gasteiger partial charge >= 0.3 is 0 Å². The summed E-state index contributed by atoms with van der Waals surface area (Å²) in [5, 5.41) is 0. The summed E-state index contributed by atoms with van der Waals surface area (Å²) in [6.45, 7) is 5.08. The predicted molar refractivity (Wildman–Crippen MR) is 25.3 cm³/mol. The smallest absolute Gasteiger partial charge is 0.134 e. The molecule has 0 amide bonds. The molecule has 0 aromatic heterocycles. The Morgan fingerprint density at radius 2 is 2.33 bits per heavy atom. The Kier molecular flexibility index (Phi) is 2.55. The molecule has 0 rings (SSSR count). The molecule has 6 heavy (non-hydrogen) atoms. The topological polar surface area (TPSA) is 17.1 Å². The monoisotopic (exact) mass is 85.1 g/mol. The highest BCUT2D eigenvalue weighted by atomic mass is 16.1. The van der Waals surface area contributed by atoms with Crippen LogP contribution in [0, 0.1) is 6.92 Å². The fourth-order valence-corrected chi connectivity index (χ4v) is 0.249. The van der Waals surface area contributed by atoms with Crippen LogP contribution in [-0.4, -0.2) is 5.78 Å². The standard InChI is InChI=1S/C5H9O/c1-3-4-5(2)6/h1,3-4H2,2H3/q+1. The van der Waals surface area contributed by atoms with E-state index in [0.717, 1.165) is 6.42 Å². The molecule has 0 fully saturated rings. The number of hydrogen-bond donors (Lipinski definition) is 0. The van der Waals surface area contributed by atoms with E-state index in [1.165, 1.54) is 0 Å². The minimum atomic E-state index is 0.227. The van der Waals surface area contributed by atoms with Crippen molar-refractivity contribution >= 4 is 5.78 Å². The van der Waals surface area contributed by atoms with Crippen LogP contribution in [0.1, 0.15) is 19.8 Å². The summed E-state index contributed by atoms with van der Waals surface area (Å²) in [6.07, 6.45) is 1.36. The zero-order chi connectivity index (χ0) is 4.99. The summed E-state index contributed by atoms with van der Waals surface area (Å²) in [6, 6.07) is 0. The van der Waals surface area contributed by atoms with E-state index in [4.69, 9.17) is 0 Å². The maximum atomic E-state index is 10.0. The van der Waals surface area contributed by atoms with Gasteiger partial charge in [0, 0.05) is 6.42 Å². The third-order valence-corrected chi connectivity index (χ3v) is 0.529. The largest absolute Gasteiger partial charge is 0.300 e. The van der Waals surface area contributed by atoms with Crippen LogP contribution in [-0.2, 0) is 4.79 Å². The van der Waals surface area contributed by atoms with Crippen LogP contribution in [0.5, 0.6) is 0 Å². The summed E-state index contributed by atoms with van der Waals surface area (Å²) in [7, 11) is 0. The van der Waals surface area contributed by atoms with Gasteiger partial charge in [-0.1, -0.05) is 0 Å². The molecule has 0 atom stereocenters. The minimum Gasteiger partial charge on any atom is -0.300 e. The van der Waals surface area contributed by atoms with Gasteiger partial charge < -0.3 is 0 Å². The van der Waals surface area contributed by atoms with Crippen molar-refractivity contribution in [1.29, 1.82) is 0 Å². The van der Waals surface area contributed by atoms with Gasteiger partial charge in [-0.2, -0.15) is 0 Å². The molecule has 0 unspecified atom stereocenters. The van der Waals surface area contributed by atoms with Crippen LogP contribution in [0.3, 0.4) is 0 Å². The molecule has 0 aliphatic heterocycles. The van der Waals surface area contributed by atoms with Crippen molar-refractivity contribution in [2.45, 2.75) is 19.8 Å². The Bertz CT molecular complexity index is 47.9. The second-order valence-corrected chi connectivity index (χ2v) is 1.31. The molecule has 0 heterocycles. The Morgan fingerprint density at radius 1 is 1.83 bits per heavy atom. The fourth-order valence-electron chi connectivity index (χ4n) is 0.249. The Balaban J connectivity index is 2.83. The van der Waals surface area contributed by atoms with Crippen LogP contribution >= 0.6 is 0 Å². The second-order valence-electron chi connectivity index (χ2n) is 1.31. The average Bonchev–Trinajstić information content (AvgIpc) is 1.35. The molecule has 0 spiro atoms. The molecule has 0 aliphatic rings. The summed E-state index contributed by atoms with van der Waals surface area (Å²) in [5.74, 6) is 0.227. The number of ketones is 1. The van der Waals surface area contributed by atoms with Gasteiger partial charge in [0.15, 0.2) is 0 Å². The lowest BCUT2D eigenvalue weighted by Crippen LogP contribution is -1.84. The first-order valence-corrected chi connectivity index (χ1v) is 2.06. The van der Waals surface area contributed by atoms with Gasteiger partial charge in [-0.05, 0) is 6.92 Å². The highest BCUT2D eigenvalue weighted by molar-refractivity contribution is 5.75. The lowest BCUT2D eigenvalue weighted by Gasteiger charge is -1.75. The van der Waals surface area contributed by atoms with E-state index in [2.05, 4.69) is 6.92 Å². The highest BCUT2D eigenvalue weighted by Gasteiger charge is 1.88. The molecule has 0 aromatic carbocycles. The van der Waals surface area contributed by atoms with Crippen LogP contribution < -0.4 is 0 Å². The average molecular weight is 85.1 g/mol. The normalized spacial score (nSPS) is 8.17. The van der Waals surface area contributed by atoms with E-state index >= 15 is 0 Å². The molecular formula is C5H9O+. The minimum absolute atomic E-state index is 0.227. The Labute approximate surface area is 38.4 Å². The van der Waals surface area contributed by atoms with Gasteiger partial charge in [0.2, 0.25) is 0 Å². The molecule has 0 aromatic rings. The third-order valence-electron chi connectivity index (χ3n) is 0.529. The van der Waals surface area contributed by atoms with E-state index < -0.39 is 0 Å². The first-order valence-electron chi connectivity index (χ1n) is 2.06. The lowest BCUT2D eigenvalue weighted by molar-refractivity contribution is -0.116. The molecule has 0 saturated carbocycles. The SMILES string of the molecule is [CH2+]CCC(C)=O. The highest BCUT2D eigenvalue weighted by Crippen LogP contribution is 1.83. The Hall–Kier alpha value is -0.460. The van der Waals surface area contributed by atoms with Gasteiger partial charge in [-0.15, -0.1) is 0 Å².